The van der Waals surface area contributed by atoms with Gasteiger partial charge in [0.15, 0.2) is 0 Å². The molecule has 0 fully saturated rings. The molecule has 4 heteroatoms. The fourth-order valence-electron chi connectivity index (χ4n) is 1.45. The van der Waals surface area contributed by atoms with Crippen molar-refractivity contribution in [1.82, 2.24) is 4.90 Å². The van der Waals surface area contributed by atoms with Gasteiger partial charge in [0.2, 0.25) is 5.91 Å². The Kier molecular flexibility index (Phi) is 4.97. The van der Waals surface area contributed by atoms with E-state index in [1.54, 1.807) is 31.0 Å². The lowest BCUT2D eigenvalue weighted by Gasteiger charge is -2.18. The zero-order chi connectivity index (χ0) is 12.8. The molecule has 0 bridgehead atoms. The molecule has 0 aromatic heterocycles. The fraction of sp³-hybridized carbons (Fsp3) is 0.462. The number of benzene rings is 1. The molecule has 0 aliphatic heterocycles. The number of amides is 1. The second-order valence-electron chi connectivity index (χ2n) is 4.37. The summed E-state index contributed by atoms with van der Waals surface area (Å²) in [6.07, 6.45) is 0.599. The van der Waals surface area contributed by atoms with Crippen LogP contribution < -0.4 is 5.73 Å². The molecule has 1 aromatic rings. The summed E-state index contributed by atoms with van der Waals surface area (Å²) >= 11 is 0. The smallest absolute Gasteiger partial charge is 0.226 e. The monoisotopic (exact) mass is 236 g/mol. The van der Waals surface area contributed by atoms with E-state index in [0.29, 0.717) is 25.1 Å². The number of anilines is 1. The molecule has 1 amide bonds. The summed E-state index contributed by atoms with van der Waals surface area (Å²) < 4.78 is 0. The quantitative estimate of drug-likeness (QED) is 0.751. The van der Waals surface area contributed by atoms with Gasteiger partial charge in [-0.1, -0.05) is 12.1 Å². The van der Waals surface area contributed by atoms with Crippen molar-refractivity contribution in [3.05, 3.63) is 29.8 Å². The van der Waals surface area contributed by atoms with Crippen molar-refractivity contribution in [2.75, 3.05) is 19.3 Å². The number of hydrogen-bond donors (Lipinski definition) is 2. The van der Waals surface area contributed by atoms with Crippen molar-refractivity contribution in [2.24, 2.45) is 0 Å². The van der Waals surface area contributed by atoms with Crippen LogP contribution in [0.15, 0.2) is 24.3 Å². The molecule has 1 unspecified atom stereocenters. The SMILES string of the molecule is CC(O)CCN(C)C(=O)Cc1ccc(N)cc1. The van der Waals surface area contributed by atoms with E-state index in [1.165, 1.54) is 0 Å². The number of rotatable bonds is 5. The van der Waals surface area contributed by atoms with E-state index < -0.39 is 0 Å². The van der Waals surface area contributed by atoms with Crippen LogP contribution in [0.5, 0.6) is 0 Å². The number of nitrogens with two attached hydrogens (primary N) is 1. The summed E-state index contributed by atoms with van der Waals surface area (Å²) in [7, 11) is 1.75. The molecule has 3 N–H and O–H groups in total. The zero-order valence-electron chi connectivity index (χ0n) is 10.4. The highest BCUT2D eigenvalue weighted by atomic mass is 16.3. The highest BCUT2D eigenvalue weighted by Crippen LogP contribution is 2.07. The van der Waals surface area contributed by atoms with Gasteiger partial charge in [-0.05, 0) is 31.0 Å². The minimum Gasteiger partial charge on any atom is -0.399 e. The summed E-state index contributed by atoms with van der Waals surface area (Å²) in [6.45, 7) is 2.30. The summed E-state index contributed by atoms with van der Waals surface area (Å²) in [6, 6.07) is 7.29. The van der Waals surface area contributed by atoms with E-state index in [2.05, 4.69) is 0 Å². The predicted molar refractivity (Wildman–Crippen MR) is 68.5 cm³/mol. The molecule has 1 atom stereocenters. The molecule has 4 nitrogen and oxygen atoms in total. The van der Waals surface area contributed by atoms with Gasteiger partial charge in [-0.15, -0.1) is 0 Å². The normalized spacial score (nSPS) is 12.2. The second-order valence-corrected chi connectivity index (χ2v) is 4.37. The van der Waals surface area contributed by atoms with E-state index in [4.69, 9.17) is 10.8 Å². The molecule has 17 heavy (non-hydrogen) atoms. The van der Waals surface area contributed by atoms with Gasteiger partial charge in [-0.2, -0.15) is 0 Å². The van der Waals surface area contributed by atoms with Crippen LogP contribution in [0.3, 0.4) is 0 Å². The van der Waals surface area contributed by atoms with Gasteiger partial charge < -0.3 is 15.7 Å². The Morgan fingerprint density at radius 3 is 2.53 bits per heavy atom. The van der Waals surface area contributed by atoms with Crippen LogP contribution in [-0.4, -0.2) is 35.6 Å². The Morgan fingerprint density at radius 2 is 2.00 bits per heavy atom. The average molecular weight is 236 g/mol. The van der Waals surface area contributed by atoms with E-state index in [9.17, 15) is 4.79 Å². The van der Waals surface area contributed by atoms with Crippen molar-refractivity contribution < 1.29 is 9.90 Å². The number of carbonyl (C=O) groups is 1. The van der Waals surface area contributed by atoms with Gasteiger partial charge in [0, 0.05) is 19.3 Å². The topological polar surface area (TPSA) is 66.6 Å². The summed E-state index contributed by atoms with van der Waals surface area (Å²) in [5.74, 6) is 0.0513. The summed E-state index contributed by atoms with van der Waals surface area (Å²) in [5.41, 5.74) is 7.22. The summed E-state index contributed by atoms with van der Waals surface area (Å²) in [4.78, 5) is 13.5. The Hall–Kier alpha value is -1.55. The number of carbonyl (C=O) groups excluding carboxylic acids is 1. The van der Waals surface area contributed by atoms with Crippen molar-refractivity contribution in [3.8, 4) is 0 Å². The maximum atomic E-state index is 11.8. The second kappa shape index (κ2) is 6.25. The molecule has 0 aliphatic carbocycles. The highest BCUT2D eigenvalue weighted by molar-refractivity contribution is 5.78. The highest BCUT2D eigenvalue weighted by Gasteiger charge is 2.10. The van der Waals surface area contributed by atoms with Crippen molar-refractivity contribution >= 4 is 11.6 Å². The van der Waals surface area contributed by atoms with Crippen LogP contribution in [0.4, 0.5) is 5.69 Å². The van der Waals surface area contributed by atoms with Crippen LogP contribution in [0.2, 0.25) is 0 Å². The lowest BCUT2D eigenvalue weighted by Crippen LogP contribution is -2.30. The van der Waals surface area contributed by atoms with Gasteiger partial charge in [-0.25, -0.2) is 0 Å². The van der Waals surface area contributed by atoms with E-state index in [1.807, 2.05) is 12.1 Å². The minimum atomic E-state index is -0.373. The Balaban J connectivity index is 2.45. The van der Waals surface area contributed by atoms with Gasteiger partial charge in [0.05, 0.1) is 12.5 Å². The van der Waals surface area contributed by atoms with Crippen molar-refractivity contribution in [2.45, 2.75) is 25.9 Å². The lowest BCUT2D eigenvalue weighted by molar-refractivity contribution is -0.129. The number of nitrogen functional groups attached to an aromatic ring is 1. The third-order valence-electron chi connectivity index (χ3n) is 2.64. The average Bonchev–Trinajstić information content (AvgIpc) is 2.28. The number of likely N-dealkylation sites (N-methyl/N-ethyl adjacent to an activating group) is 1. The molecule has 0 heterocycles. The number of aliphatic hydroxyl groups is 1. The van der Waals surface area contributed by atoms with Crippen molar-refractivity contribution in [3.63, 3.8) is 0 Å². The van der Waals surface area contributed by atoms with Crippen LogP contribution in [0.25, 0.3) is 0 Å². The number of hydrogen-bond acceptors (Lipinski definition) is 3. The molecule has 0 spiro atoms. The van der Waals surface area contributed by atoms with E-state index in [-0.39, 0.29) is 12.0 Å². The van der Waals surface area contributed by atoms with Crippen LogP contribution in [-0.2, 0) is 11.2 Å². The zero-order valence-corrected chi connectivity index (χ0v) is 10.4. The largest absolute Gasteiger partial charge is 0.399 e. The molecular formula is C13H20N2O2. The van der Waals surface area contributed by atoms with Gasteiger partial charge in [0.25, 0.3) is 0 Å². The Bertz CT molecular complexity index is 360. The predicted octanol–water partition coefficient (Wildman–Crippen LogP) is 1.04. The van der Waals surface area contributed by atoms with Crippen molar-refractivity contribution in [1.29, 1.82) is 0 Å². The van der Waals surface area contributed by atoms with Crippen LogP contribution in [0.1, 0.15) is 18.9 Å². The molecular weight excluding hydrogens is 216 g/mol. The Morgan fingerprint density at radius 1 is 1.41 bits per heavy atom. The van der Waals surface area contributed by atoms with Gasteiger partial charge >= 0.3 is 0 Å². The minimum absolute atomic E-state index is 0.0513. The first kappa shape index (κ1) is 13.5. The molecule has 0 saturated heterocycles. The molecule has 1 rings (SSSR count). The Labute approximate surface area is 102 Å². The number of aliphatic hydroxyl groups excluding tert-OH is 1. The van der Waals surface area contributed by atoms with E-state index in [0.717, 1.165) is 5.56 Å². The summed E-state index contributed by atoms with van der Waals surface area (Å²) in [5, 5.41) is 9.15. The molecule has 0 aliphatic rings. The molecule has 94 valence electrons. The standard InChI is InChI=1S/C13H20N2O2/c1-10(16)7-8-15(2)13(17)9-11-3-5-12(14)6-4-11/h3-6,10,16H,7-9,14H2,1-2H3. The first-order valence-electron chi connectivity index (χ1n) is 5.75. The van der Waals surface area contributed by atoms with Gasteiger partial charge in [-0.3, -0.25) is 4.79 Å². The first-order valence-corrected chi connectivity index (χ1v) is 5.75. The maximum Gasteiger partial charge on any atom is 0.226 e. The molecule has 0 radical (unpaired) electrons. The lowest BCUT2D eigenvalue weighted by atomic mass is 10.1. The third-order valence-corrected chi connectivity index (χ3v) is 2.64. The van der Waals surface area contributed by atoms with E-state index >= 15 is 0 Å². The molecule has 1 aromatic carbocycles. The van der Waals surface area contributed by atoms with Gasteiger partial charge in [0.1, 0.15) is 0 Å². The molecule has 0 saturated carbocycles. The van der Waals surface area contributed by atoms with Crippen LogP contribution in [0, 0.1) is 0 Å². The third kappa shape index (κ3) is 4.87. The van der Waals surface area contributed by atoms with Crippen LogP contribution >= 0.6 is 0 Å². The maximum absolute atomic E-state index is 11.8. The first-order chi connectivity index (χ1) is 7.99. The number of nitrogens with zero attached hydrogens (tertiary/aromatic N) is 1. The fourth-order valence-corrected chi connectivity index (χ4v) is 1.45.